The first-order valence-electron chi connectivity index (χ1n) is 37.2. The molecule has 7 rings (SSSR count). The van der Waals surface area contributed by atoms with Gasteiger partial charge in [0.1, 0.15) is 103 Å². The number of nitrogens with two attached hydrogens (primary N) is 2. The number of aliphatic carboxylic acids is 1. The molecule has 1 fully saturated rings. The van der Waals surface area contributed by atoms with Gasteiger partial charge in [-0.05, 0) is 55.5 Å². The Balaban J connectivity index is 1.43. The number of aliphatic hydroxyl groups is 9. The number of nitrogens with one attached hydrogen (secondary N) is 12. The summed E-state index contributed by atoms with van der Waals surface area (Å²) in [7, 11) is 0. The molecule has 0 spiro atoms. The molecule has 3 aromatic carbocycles. The third kappa shape index (κ3) is 27.0. The fraction of sp³-hybridized carbons (Fsp3) is 0.467. The fourth-order valence-electron chi connectivity index (χ4n) is 12.7. The average molecular weight is 1720 g/mol. The molecular formula is C75H98BrN16O26+. The van der Waals surface area contributed by atoms with Gasteiger partial charge in [-0.3, -0.25) is 67.1 Å². The highest BCUT2D eigenvalue weighted by atomic mass is 79.9. The monoisotopic (exact) mass is 1720 g/mol. The number of halogens is 1. The molecule has 0 saturated carbocycles. The number of β-amino-alcohol motifs (C(OH)–C–C–N with tert-alkyl or cyclic N) is 1. The fourth-order valence-corrected chi connectivity index (χ4v) is 12.9. The van der Waals surface area contributed by atoms with Gasteiger partial charge >= 0.3 is 5.97 Å². The highest BCUT2D eigenvalue weighted by molar-refractivity contribution is 9.10. The largest absolute Gasteiger partial charge is 0.480 e. The zero-order chi connectivity index (χ0) is 86.9. The van der Waals surface area contributed by atoms with Crippen molar-refractivity contribution in [2.45, 2.75) is 194 Å². The van der Waals surface area contributed by atoms with Crippen molar-refractivity contribution < 1.29 is 132 Å². The Morgan fingerprint density at radius 1 is 0.619 bits per heavy atom. The van der Waals surface area contributed by atoms with Crippen LogP contribution in [0.4, 0.5) is 0 Å². The molecule has 14 amide bonds. The van der Waals surface area contributed by atoms with Crippen LogP contribution in [0.5, 0.6) is 0 Å². The lowest BCUT2D eigenvalue weighted by Crippen LogP contribution is -2.64. The van der Waals surface area contributed by atoms with Crippen molar-refractivity contribution in [2.24, 2.45) is 11.5 Å². The van der Waals surface area contributed by atoms with Crippen LogP contribution in [0.2, 0.25) is 0 Å². The van der Waals surface area contributed by atoms with E-state index in [4.69, 9.17) is 16.2 Å². The number of nitrogens with zero attached hydrogens (tertiary/aromatic N) is 2. The number of carboxylic acids is 1. The summed E-state index contributed by atoms with van der Waals surface area (Å²) >= 11 is 3.29. The van der Waals surface area contributed by atoms with Crippen LogP contribution in [0.3, 0.4) is 0 Å². The molecule has 4 aromatic rings. The number of carbonyl (C=O) groups is 15. The highest BCUT2D eigenvalue weighted by Gasteiger charge is 2.46. The summed E-state index contributed by atoms with van der Waals surface area (Å²) in [6.45, 7) is -1.43. The van der Waals surface area contributed by atoms with E-state index >= 15 is 9.59 Å². The molecule has 118 heavy (non-hydrogen) atoms. The molecule has 20 atom stereocenters. The van der Waals surface area contributed by atoms with Gasteiger partial charge < -0.3 is 131 Å². The topological polar surface area (TPSA) is 673 Å². The standard InChI is InChI=1S/C75H97BrN16O26/c1-35(17-18-38-11-6-4-7-12-38)23-51(96)44-27-56(101)81-49(31-93)68(110)86-48-30-91-29-42(92(34-91)74-62(104)60(102)53(98)33-118-74)25-46(65(107)89-58(37(3)95)72(114)87-50(32-94)69(111)84-45(64(106)83-44)24-39-13-8-5-9-14-39)80-55(100)16-10-15-43(75(116)117)82-70(112)52(97)28-79-71(113)57(36(2)40-19-21-41(76)22-20-40)88-73(115)59(61(103)63(78)105)90-66(108)47(26-54(77)99)85-67(48)109/h4-9,11-14,17-23,29,34,36-37,43-53,57-62,74,93-98,102-104H,10,15-16,24-28,30-33H2,1-3H3,(H16-,77,78,79,80,81,82,83,84,85,86,87,88,89,90,99,100,101,105,106,107,108,109,110,111,112,113,114,115,116,117)/p+1/b18-17+,35-23+/t36-,37-,43-,44-,45-,46-,47-,48+,49-,50-,51-,52+,53+,57-,58-,59-,60+,61+,62-,74-/m0/s1. The van der Waals surface area contributed by atoms with Crippen LogP contribution in [-0.4, -0.2) is 280 Å². The Bertz CT molecular complexity index is 4330. The molecule has 4 heterocycles. The first-order chi connectivity index (χ1) is 55.9. The van der Waals surface area contributed by atoms with Crippen molar-refractivity contribution in [1.82, 2.24) is 68.4 Å². The van der Waals surface area contributed by atoms with Gasteiger partial charge in [0.25, 0.3) is 5.91 Å². The van der Waals surface area contributed by atoms with Crippen molar-refractivity contribution in [3.63, 3.8) is 0 Å². The number of primary amides is 2. The molecule has 0 radical (unpaired) electrons. The van der Waals surface area contributed by atoms with Crippen LogP contribution in [0.25, 0.3) is 6.08 Å². The predicted octanol–water partition coefficient (Wildman–Crippen LogP) is -9.67. The second-order valence-electron chi connectivity index (χ2n) is 28.4. The second-order valence-corrected chi connectivity index (χ2v) is 29.3. The maximum atomic E-state index is 15.3. The maximum Gasteiger partial charge on any atom is 0.326 e. The Hall–Kier alpha value is -11.5. The lowest BCUT2D eigenvalue weighted by molar-refractivity contribution is -0.697. The number of hydrogen-bond donors (Lipinski definition) is 24. The number of hydrogen-bond acceptors (Lipinski definition) is 25. The van der Waals surface area contributed by atoms with Crippen molar-refractivity contribution in [3.05, 3.63) is 142 Å². The second kappa shape index (κ2) is 44.2. The normalized spacial score (nSPS) is 28.0. The van der Waals surface area contributed by atoms with E-state index in [-0.39, 0.29) is 12.1 Å². The molecule has 4 bridgehead atoms. The molecule has 1 saturated heterocycles. The number of benzene rings is 3. The minimum absolute atomic E-state index is 0.295. The van der Waals surface area contributed by atoms with Crippen molar-refractivity contribution >= 4 is 111 Å². The smallest absolute Gasteiger partial charge is 0.326 e. The number of fused-ring (bicyclic) bond motifs is 2. The molecule has 0 aliphatic carbocycles. The van der Waals surface area contributed by atoms with E-state index in [1.807, 2.05) is 5.32 Å². The van der Waals surface area contributed by atoms with Gasteiger partial charge in [0.15, 0.2) is 6.10 Å². The minimum atomic E-state index is -2.75. The lowest BCUT2D eigenvalue weighted by Gasteiger charge is -2.33. The predicted molar refractivity (Wildman–Crippen MR) is 411 cm³/mol. The minimum Gasteiger partial charge on any atom is -0.480 e. The zero-order valence-corrected chi connectivity index (χ0v) is 65.5. The SMILES string of the molecule is CC(/C=C/c1ccccc1)=C\[C@H](O)[C@@H]1CC(=O)N[C@@H](CO)C(=O)N[C@@H]2C[n+]3cc(n([C@H]4OC[C@@H](O)[C@@H](O)[C@@H]4O)c3)C[C@H](NC(=O)CCC[C@@H](C(=O)O)NC(=O)[C@H](O)CNC(=O)[C@H]([C@@H](C)c3ccc(Br)cc3)NC(=O)[C@H]([C@@H](O)C(N)=O)NC(=O)[C@H](CC(N)=O)NC2=O)C(=O)N[C@@H]([C@H](C)O)C(=O)N[C@@H](CO)C(=O)N[C@@H](Cc2ccccc2)C(=O)N1. The average Bonchev–Trinajstić information content (AvgIpc) is 1.60. The molecule has 1 aromatic heterocycles. The van der Waals surface area contributed by atoms with E-state index in [2.05, 4.69) is 74.4 Å². The highest BCUT2D eigenvalue weighted by Crippen LogP contribution is 2.27. The van der Waals surface area contributed by atoms with Gasteiger partial charge in [-0.1, -0.05) is 119 Å². The summed E-state index contributed by atoms with van der Waals surface area (Å²) in [5.74, 6) is -22.5. The summed E-state index contributed by atoms with van der Waals surface area (Å²) in [4.78, 5) is 214. The summed E-state index contributed by atoms with van der Waals surface area (Å²) in [6, 6.07) is -0.250. The quantitative estimate of drug-likeness (QED) is 0.0345. The lowest BCUT2D eigenvalue weighted by atomic mass is 9.92. The first-order valence-corrected chi connectivity index (χ1v) is 38.0. The molecule has 43 heteroatoms. The number of imidazole rings is 1. The van der Waals surface area contributed by atoms with E-state index < -0.39 is 281 Å². The van der Waals surface area contributed by atoms with Gasteiger partial charge in [-0.15, -0.1) is 0 Å². The van der Waals surface area contributed by atoms with E-state index in [0.29, 0.717) is 26.7 Å². The number of amides is 14. The van der Waals surface area contributed by atoms with Crippen LogP contribution < -0.4 is 79.8 Å². The van der Waals surface area contributed by atoms with E-state index in [0.717, 1.165) is 28.6 Å². The van der Waals surface area contributed by atoms with Crippen LogP contribution in [0.15, 0.2) is 120 Å². The number of carbonyl (C=O) groups excluding carboxylic acids is 14. The number of rotatable bonds is 17. The van der Waals surface area contributed by atoms with Gasteiger partial charge in [-0.25, -0.2) is 13.9 Å². The Labute approximate surface area is 681 Å². The molecule has 0 unspecified atom stereocenters. The summed E-state index contributed by atoms with van der Waals surface area (Å²) in [5, 5.41) is 138. The Morgan fingerprint density at radius 3 is 1.82 bits per heavy atom. The third-order valence-electron chi connectivity index (χ3n) is 19.3. The maximum absolute atomic E-state index is 15.3. The molecule has 3 aliphatic heterocycles. The van der Waals surface area contributed by atoms with Gasteiger partial charge in [0.05, 0.1) is 51.0 Å². The summed E-state index contributed by atoms with van der Waals surface area (Å²) < 4.78 is 8.30. The molecule has 26 N–H and O–H groups in total. The molecule has 3 aliphatic rings. The van der Waals surface area contributed by atoms with Crippen molar-refractivity contribution in [2.75, 3.05) is 26.4 Å². The number of aliphatic hydroxyl groups excluding tert-OH is 9. The van der Waals surface area contributed by atoms with Gasteiger partial charge in [-0.2, -0.15) is 0 Å². The zero-order valence-electron chi connectivity index (χ0n) is 63.9. The molecular weight excluding hydrogens is 1620 g/mol. The van der Waals surface area contributed by atoms with E-state index in [1.54, 1.807) is 79.7 Å². The number of ether oxygens (including phenoxy) is 1. The molecule has 640 valence electrons. The summed E-state index contributed by atoms with van der Waals surface area (Å²) in [5.41, 5.74) is 12.5. The summed E-state index contributed by atoms with van der Waals surface area (Å²) in [6.07, 6.45) is -15.5. The number of allylic oxidation sites excluding steroid dienone is 2. The van der Waals surface area contributed by atoms with Crippen LogP contribution >= 0.6 is 15.9 Å². The number of carboxylic acid groups (broad SMARTS) is 1. The third-order valence-corrected chi connectivity index (χ3v) is 19.8. The van der Waals surface area contributed by atoms with Gasteiger partial charge in [0, 0.05) is 36.1 Å². The van der Waals surface area contributed by atoms with E-state index in [9.17, 15) is 113 Å². The van der Waals surface area contributed by atoms with Crippen LogP contribution in [-0.2, 0) is 96.0 Å². The van der Waals surface area contributed by atoms with Crippen molar-refractivity contribution in [1.29, 1.82) is 0 Å². The Kier molecular flexibility index (Phi) is 35.0. The van der Waals surface area contributed by atoms with Crippen LogP contribution in [0, 0.1) is 0 Å². The van der Waals surface area contributed by atoms with E-state index in [1.165, 1.54) is 37.3 Å². The number of aromatic nitrogens is 2. The first kappa shape index (κ1) is 93.6. The van der Waals surface area contributed by atoms with Crippen LogP contribution in [0.1, 0.15) is 87.4 Å². The van der Waals surface area contributed by atoms with Gasteiger partial charge in [0.2, 0.25) is 89.3 Å². The molecule has 42 nitrogen and oxygen atoms in total. The Morgan fingerprint density at radius 2 is 1.19 bits per heavy atom. The van der Waals surface area contributed by atoms with Crippen molar-refractivity contribution in [3.8, 4) is 0 Å².